The van der Waals surface area contributed by atoms with Gasteiger partial charge in [-0.1, -0.05) is 49.2 Å². The minimum atomic E-state index is -0.355. The highest BCUT2D eigenvalue weighted by molar-refractivity contribution is 6.31. The highest BCUT2D eigenvalue weighted by Crippen LogP contribution is 2.58. The zero-order chi connectivity index (χ0) is 13.5. The molecule has 0 bridgehead atoms. The molecule has 1 atom stereocenters. The fourth-order valence-corrected chi connectivity index (χ4v) is 2.58. The molecule has 3 heteroatoms. The average Bonchev–Trinajstić information content (AvgIpc) is 2.76. The summed E-state index contributed by atoms with van der Waals surface area (Å²) >= 11 is 6.20. The molecule has 1 aliphatic carbocycles. The first kappa shape index (κ1) is 13.2. The number of rotatable bonds is 3. The van der Waals surface area contributed by atoms with Crippen molar-refractivity contribution in [3.8, 4) is 0 Å². The van der Waals surface area contributed by atoms with E-state index in [-0.39, 0.29) is 17.5 Å². The van der Waals surface area contributed by atoms with E-state index in [9.17, 15) is 4.79 Å². The average molecular weight is 265 g/mol. The molecule has 0 heterocycles. The number of hydrogen-bond donors (Lipinski definition) is 0. The van der Waals surface area contributed by atoms with Crippen molar-refractivity contribution in [2.24, 2.45) is 5.41 Å². The summed E-state index contributed by atoms with van der Waals surface area (Å²) in [5.41, 5.74) is 3.31. The van der Waals surface area contributed by atoms with Crippen molar-refractivity contribution in [3.05, 3.63) is 46.0 Å². The van der Waals surface area contributed by atoms with E-state index in [4.69, 9.17) is 16.3 Å². The van der Waals surface area contributed by atoms with Crippen LogP contribution < -0.4 is 0 Å². The van der Waals surface area contributed by atoms with Crippen molar-refractivity contribution in [1.82, 2.24) is 0 Å². The molecule has 18 heavy (non-hydrogen) atoms. The van der Waals surface area contributed by atoms with Gasteiger partial charge in [0, 0.05) is 22.9 Å². The first-order valence-corrected chi connectivity index (χ1v) is 6.37. The Morgan fingerprint density at radius 1 is 1.33 bits per heavy atom. The van der Waals surface area contributed by atoms with Gasteiger partial charge in [0.2, 0.25) is 0 Å². The summed E-state index contributed by atoms with van der Waals surface area (Å²) in [5, 5.41) is 0.631. The second-order valence-corrected chi connectivity index (χ2v) is 5.58. The van der Waals surface area contributed by atoms with E-state index < -0.39 is 0 Å². The molecule has 0 aromatic heterocycles. The molecule has 0 N–H and O–H groups in total. The van der Waals surface area contributed by atoms with Gasteiger partial charge in [-0.15, -0.1) is 0 Å². The summed E-state index contributed by atoms with van der Waals surface area (Å²) in [6.07, 6.45) is -0.355. The topological polar surface area (TPSA) is 26.3 Å². The third-order valence-electron chi connectivity index (χ3n) is 3.69. The van der Waals surface area contributed by atoms with Gasteiger partial charge in [-0.3, -0.25) is 4.79 Å². The van der Waals surface area contributed by atoms with Crippen LogP contribution in [0.25, 0.3) is 0 Å². The van der Waals surface area contributed by atoms with Crippen molar-refractivity contribution in [3.63, 3.8) is 0 Å². The first-order valence-electron chi connectivity index (χ1n) is 5.99. The molecule has 0 saturated carbocycles. The third-order valence-corrected chi connectivity index (χ3v) is 4.03. The molecule has 0 radical (unpaired) electrons. The minimum Gasteiger partial charge on any atom is -0.453 e. The predicted molar refractivity (Wildman–Crippen MR) is 72.4 cm³/mol. The van der Waals surface area contributed by atoms with Crippen LogP contribution in [0.1, 0.15) is 39.4 Å². The van der Waals surface area contributed by atoms with E-state index in [1.54, 1.807) is 0 Å². The number of carbonyl (C=O) groups is 1. The Kier molecular flexibility index (Phi) is 3.24. The van der Waals surface area contributed by atoms with Crippen LogP contribution in [0.5, 0.6) is 0 Å². The maximum absolute atomic E-state index is 11.3. The predicted octanol–water partition coefficient (Wildman–Crippen LogP) is 4.30. The zero-order valence-corrected chi connectivity index (χ0v) is 11.8. The van der Waals surface area contributed by atoms with Crippen molar-refractivity contribution in [2.45, 2.75) is 33.8 Å². The van der Waals surface area contributed by atoms with Gasteiger partial charge in [-0.25, -0.2) is 0 Å². The van der Waals surface area contributed by atoms with Crippen LogP contribution in [0.3, 0.4) is 0 Å². The van der Waals surface area contributed by atoms with Crippen molar-refractivity contribution in [2.75, 3.05) is 0 Å². The molecule has 96 valence electrons. The van der Waals surface area contributed by atoms with E-state index in [0.717, 1.165) is 11.1 Å². The third kappa shape index (κ3) is 2.17. The van der Waals surface area contributed by atoms with Gasteiger partial charge >= 0.3 is 5.97 Å². The Morgan fingerprint density at radius 3 is 2.33 bits per heavy atom. The van der Waals surface area contributed by atoms with E-state index in [1.807, 2.05) is 24.3 Å². The molecule has 1 aromatic rings. The van der Waals surface area contributed by atoms with E-state index in [0.29, 0.717) is 5.02 Å². The first-order chi connectivity index (χ1) is 8.35. The highest BCUT2D eigenvalue weighted by Gasteiger charge is 2.47. The molecule has 0 saturated heterocycles. The molecule has 1 unspecified atom stereocenters. The summed E-state index contributed by atoms with van der Waals surface area (Å²) < 4.78 is 5.47. The van der Waals surface area contributed by atoms with Crippen LogP contribution >= 0.6 is 11.6 Å². The number of ether oxygens (including phenoxy) is 1. The Morgan fingerprint density at radius 2 is 1.89 bits per heavy atom. The van der Waals surface area contributed by atoms with E-state index in [2.05, 4.69) is 20.8 Å². The standard InChI is InChI=1S/C15H17ClO2/c1-9-13(15(9,3)4)14(18-10(2)17)11-7-5-6-8-12(11)16/h5-8,14H,1-4H3. The molecule has 2 rings (SSSR count). The Hall–Kier alpha value is -1.28. The molecule has 0 aliphatic heterocycles. The van der Waals surface area contributed by atoms with Crippen LogP contribution in [-0.4, -0.2) is 5.97 Å². The van der Waals surface area contributed by atoms with E-state index in [1.165, 1.54) is 12.5 Å². The summed E-state index contributed by atoms with van der Waals surface area (Å²) in [6, 6.07) is 7.50. The van der Waals surface area contributed by atoms with Crippen LogP contribution in [-0.2, 0) is 9.53 Å². The van der Waals surface area contributed by atoms with Gasteiger partial charge in [0.1, 0.15) is 0 Å². The lowest BCUT2D eigenvalue weighted by molar-refractivity contribution is -0.144. The number of esters is 1. The molecular formula is C15H17ClO2. The lowest BCUT2D eigenvalue weighted by atomic mass is 9.97. The smallest absolute Gasteiger partial charge is 0.303 e. The summed E-state index contributed by atoms with van der Waals surface area (Å²) in [7, 11) is 0. The molecule has 2 nitrogen and oxygen atoms in total. The van der Waals surface area contributed by atoms with Crippen molar-refractivity contribution >= 4 is 17.6 Å². The van der Waals surface area contributed by atoms with Gasteiger partial charge in [-0.05, 0) is 18.6 Å². The Bertz CT molecular complexity index is 529. The lowest BCUT2D eigenvalue weighted by Crippen LogP contribution is -2.11. The molecule has 0 fully saturated rings. The van der Waals surface area contributed by atoms with Gasteiger partial charge in [0.05, 0.1) is 0 Å². The number of halogens is 1. The fourth-order valence-electron chi connectivity index (χ4n) is 2.35. The lowest BCUT2D eigenvalue weighted by Gasteiger charge is -2.19. The van der Waals surface area contributed by atoms with Crippen LogP contribution in [0.2, 0.25) is 5.02 Å². The number of benzene rings is 1. The molecule has 1 aliphatic rings. The number of carbonyl (C=O) groups excluding carboxylic acids is 1. The summed E-state index contributed by atoms with van der Waals surface area (Å²) in [4.78, 5) is 11.3. The van der Waals surface area contributed by atoms with Crippen LogP contribution in [0, 0.1) is 5.41 Å². The fraction of sp³-hybridized carbons (Fsp3) is 0.400. The highest BCUT2D eigenvalue weighted by atomic mass is 35.5. The maximum Gasteiger partial charge on any atom is 0.303 e. The molecular weight excluding hydrogens is 248 g/mol. The molecule has 1 aromatic carbocycles. The van der Waals surface area contributed by atoms with Gasteiger partial charge in [0.15, 0.2) is 6.10 Å². The van der Waals surface area contributed by atoms with Gasteiger partial charge < -0.3 is 4.74 Å². The zero-order valence-electron chi connectivity index (χ0n) is 11.1. The molecule has 0 spiro atoms. The Labute approximate surface area is 113 Å². The second-order valence-electron chi connectivity index (χ2n) is 5.17. The van der Waals surface area contributed by atoms with E-state index >= 15 is 0 Å². The molecule has 0 amide bonds. The monoisotopic (exact) mass is 264 g/mol. The normalized spacial score (nSPS) is 18.5. The largest absolute Gasteiger partial charge is 0.453 e. The van der Waals surface area contributed by atoms with Crippen molar-refractivity contribution < 1.29 is 9.53 Å². The minimum absolute atomic E-state index is 0.0271. The van der Waals surface area contributed by atoms with Gasteiger partial charge in [-0.2, -0.15) is 0 Å². The quantitative estimate of drug-likeness (QED) is 0.601. The number of allylic oxidation sites excluding steroid dienone is 1. The summed E-state index contributed by atoms with van der Waals surface area (Å²) in [5.74, 6) is -0.289. The SMILES string of the molecule is CC(=O)OC(C1=C(C)C1(C)C)c1ccccc1Cl. The summed E-state index contributed by atoms with van der Waals surface area (Å²) in [6.45, 7) is 7.76. The van der Waals surface area contributed by atoms with Crippen LogP contribution in [0.15, 0.2) is 35.4 Å². The second kappa shape index (κ2) is 4.43. The van der Waals surface area contributed by atoms with Crippen LogP contribution in [0.4, 0.5) is 0 Å². The van der Waals surface area contributed by atoms with Gasteiger partial charge in [0.25, 0.3) is 0 Å². The Balaban J connectivity index is 2.40. The number of hydrogen-bond acceptors (Lipinski definition) is 2. The van der Waals surface area contributed by atoms with Crippen molar-refractivity contribution in [1.29, 1.82) is 0 Å². The maximum atomic E-state index is 11.3.